The quantitative estimate of drug-likeness (QED) is 0.668. The number of aromatic nitrogens is 1. The van der Waals surface area contributed by atoms with Crippen LogP contribution in [-0.4, -0.2) is 24.0 Å². The molecule has 2 aromatic carbocycles. The van der Waals surface area contributed by atoms with Gasteiger partial charge in [-0.15, -0.1) is 0 Å². The fourth-order valence-electron chi connectivity index (χ4n) is 3.19. The summed E-state index contributed by atoms with van der Waals surface area (Å²) in [5, 5.41) is 3.87. The molecule has 0 spiro atoms. The summed E-state index contributed by atoms with van der Waals surface area (Å²) >= 11 is 0. The van der Waals surface area contributed by atoms with Crippen molar-refractivity contribution < 1.29 is 4.79 Å². The van der Waals surface area contributed by atoms with Crippen molar-refractivity contribution in [1.82, 2.24) is 4.98 Å². The molecule has 0 saturated carbocycles. The van der Waals surface area contributed by atoms with Gasteiger partial charge in [-0.3, -0.25) is 9.59 Å². The third-order valence-electron chi connectivity index (χ3n) is 4.73. The molecule has 3 aromatic rings. The van der Waals surface area contributed by atoms with E-state index in [1.165, 1.54) is 0 Å². The number of hydrogen-bond donors (Lipinski definition) is 2. The van der Waals surface area contributed by atoms with Gasteiger partial charge in [0.05, 0.1) is 0 Å². The molecule has 27 heavy (non-hydrogen) atoms. The molecule has 0 aliphatic rings. The summed E-state index contributed by atoms with van der Waals surface area (Å²) < 4.78 is 0. The lowest BCUT2D eigenvalue weighted by Gasteiger charge is -2.21. The summed E-state index contributed by atoms with van der Waals surface area (Å²) in [6, 6.07) is 17.3. The molecule has 5 heteroatoms. The first-order valence-electron chi connectivity index (χ1n) is 9.36. The number of benzene rings is 2. The number of amides is 1. The fourth-order valence-corrected chi connectivity index (χ4v) is 3.19. The van der Waals surface area contributed by atoms with Crippen LogP contribution in [-0.2, 0) is 11.2 Å². The largest absolute Gasteiger partial charge is 0.372 e. The Hall–Kier alpha value is -3.08. The lowest BCUT2D eigenvalue weighted by molar-refractivity contribution is -0.116. The normalized spacial score (nSPS) is 10.7. The molecule has 0 aliphatic carbocycles. The molecule has 140 valence electrons. The molecule has 0 fully saturated rings. The van der Waals surface area contributed by atoms with Crippen molar-refractivity contribution in [2.45, 2.75) is 26.7 Å². The van der Waals surface area contributed by atoms with E-state index < -0.39 is 0 Å². The Morgan fingerprint density at radius 3 is 2.44 bits per heavy atom. The van der Waals surface area contributed by atoms with Crippen molar-refractivity contribution in [2.24, 2.45) is 0 Å². The summed E-state index contributed by atoms with van der Waals surface area (Å²) in [5.74, 6) is -0.0989. The van der Waals surface area contributed by atoms with Gasteiger partial charge in [0.1, 0.15) is 0 Å². The Labute approximate surface area is 159 Å². The number of pyridine rings is 1. The number of carbonyl (C=O) groups is 1. The first-order valence-corrected chi connectivity index (χ1v) is 9.36. The summed E-state index contributed by atoms with van der Waals surface area (Å²) in [4.78, 5) is 29.5. The molecule has 1 heterocycles. The van der Waals surface area contributed by atoms with Crippen molar-refractivity contribution in [2.75, 3.05) is 23.3 Å². The number of nitrogens with zero attached hydrogens (tertiary/aromatic N) is 1. The number of para-hydroxylation sites is 1. The van der Waals surface area contributed by atoms with E-state index in [9.17, 15) is 9.59 Å². The molecule has 0 saturated heterocycles. The number of nitrogens with one attached hydrogen (secondary N) is 2. The van der Waals surface area contributed by atoms with Crippen molar-refractivity contribution >= 4 is 28.2 Å². The highest BCUT2D eigenvalue weighted by molar-refractivity contribution is 5.91. The molecular formula is C22H25N3O2. The van der Waals surface area contributed by atoms with Crippen LogP contribution in [0.5, 0.6) is 0 Å². The van der Waals surface area contributed by atoms with Crippen LogP contribution >= 0.6 is 0 Å². The average molecular weight is 363 g/mol. The first kappa shape index (κ1) is 18.7. The maximum atomic E-state index is 12.3. The van der Waals surface area contributed by atoms with Crippen LogP contribution in [0.25, 0.3) is 10.9 Å². The second kappa shape index (κ2) is 8.54. The summed E-state index contributed by atoms with van der Waals surface area (Å²) in [6.45, 7) is 6.13. The van der Waals surface area contributed by atoms with Gasteiger partial charge in [-0.2, -0.15) is 0 Å². The topological polar surface area (TPSA) is 65.2 Å². The van der Waals surface area contributed by atoms with Gasteiger partial charge >= 0.3 is 0 Å². The van der Waals surface area contributed by atoms with Crippen LogP contribution in [0.2, 0.25) is 0 Å². The van der Waals surface area contributed by atoms with E-state index in [1.54, 1.807) is 0 Å². The van der Waals surface area contributed by atoms with E-state index >= 15 is 0 Å². The fraction of sp³-hybridized carbons (Fsp3) is 0.273. The Morgan fingerprint density at radius 2 is 1.74 bits per heavy atom. The zero-order valence-electron chi connectivity index (χ0n) is 15.8. The lowest BCUT2D eigenvalue weighted by Crippen LogP contribution is -2.21. The van der Waals surface area contributed by atoms with Crippen LogP contribution in [0, 0.1) is 0 Å². The van der Waals surface area contributed by atoms with Crippen LogP contribution < -0.4 is 15.8 Å². The van der Waals surface area contributed by atoms with E-state index in [2.05, 4.69) is 29.0 Å². The minimum Gasteiger partial charge on any atom is -0.372 e. The number of anilines is 2. The highest BCUT2D eigenvalue weighted by Crippen LogP contribution is 2.18. The molecule has 0 radical (unpaired) electrons. The molecule has 3 rings (SSSR count). The number of hydrogen-bond acceptors (Lipinski definition) is 3. The van der Waals surface area contributed by atoms with Crippen LogP contribution in [0.1, 0.15) is 25.8 Å². The van der Waals surface area contributed by atoms with E-state index in [4.69, 9.17) is 0 Å². The van der Waals surface area contributed by atoms with Crippen molar-refractivity contribution in [3.05, 3.63) is 70.5 Å². The van der Waals surface area contributed by atoms with Crippen molar-refractivity contribution in [1.29, 1.82) is 0 Å². The molecule has 0 unspecified atom stereocenters. The molecule has 0 bridgehead atoms. The van der Waals surface area contributed by atoms with Gasteiger partial charge in [0.2, 0.25) is 5.91 Å². The van der Waals surface area contributed by atoms with Crippen molar-refractivity contribution in [3.8, 4) is 0 Å². The highest BCUT2D eigenvalue weighted by atomic mass is 16.1. The summed E-state index contributed by atoms with van der Waals surface area (Å²) in [7, 11) is 0. The first-order chi connectivity index (χ1) is 13.1. The number of rotatable bonds is 7. The highest BCUT2D eigenvalue weighted by Gasteiger charge is 2.08. The van der Waals surface area contributed by atoms with Gasteiger partial charge in [-0.1, -0.05) is 18.2 Å². The maximum Gasteiger partial charge on any atom is 0.251 e. The van der Waals surface area contributed by atoms with E-state index in [1.807, 2.05) is 54.6 Å². The smallest absolute Gasteiger partial charge is 0.251 e. The lowest BCUT2D eigenvalue weighted by atomic mass is 10.1. The second-order valence-corrected chi connectivity index (χ2v) is 6.48. The second-order valence-electron chi connectivity index (χ2n) is 6.48. The zero-order chi connectivity index (χ0) is 19.2. The van der Waals surface area contributed by atoms with Gasteiger partial charge in [0.15, 0.2) is 0 Å². The van der Waals surface area contributed by atoms with Crippen molar-refractivity contribution in [3.63, 3.8) is 0 Å². The standard InChI is InChI=1S/C22H25N3O2/c1-3-25(4-2)19-12-10-18(11-13-19)23-21(26)14-9-17-15-16-7-5-6-8-20(16)24-22(17)27/h5-8,10-13,15H,3-4,9,14H2,1-2H3,(H,23,26)(H,24,27). The molecule has 0 aliphatic heterocycles. The summed E-state index contributed by atoms with van der Waals surface area (Å²) in [6.07, 6.45) is 0.669. The number of aryl methyl sites for hydroxylation is 1. The SMILES string of the molecule is CCN(CC)c1ccc(NC(=O)CCc2cc3ccccc3[nH]c2=O)cc1. The molecule has 0 atom stereocenters. The van der Waals surface area contributed by atoms with Gasteiger partial charge in [0.25, 0.3) is 5.56 Å². The molecule has 1 amide bonds. The zero-order valence-corrected chi connectivity index (χ0v) is 15.8. The maximum absolute atomic E-state index is 12.3. The number of aromatic amines is 1. The Morgan fingerprint density at radius 1 is 1.04 bits per heavy atom. The Bertz CT molecular complexity index is 973. The molecule has 1 aromatic heterocycles. The van der Waals surface area contributed by atoms with E-state index in [0.717, 1.165) is 35.4 Å². The van der Waals surface area contributed by atoms with E-state index in [-0.39, 0.29) is 17.9 Å². The van der Waals surface area contributed by atoms with Crippen LogP contribution in [0.15, 0.2) is 59.4 Å². The van der Waals surface area contributed by atoms with Gasteiger partial charge in [0, 0.05) is 42.0 Å². The Kier molecular flexibility index (Phi) is 5.91. The summed E-state index contributed by atoms with van der Waals surface area (Å²) in [5.41, 5.74) is 3.21. The minimum absolute atomic E-state index is 0.0989. The van der Waals surface area contributed by atoms with E-state index in [0.29, 0.717) is 12.0 Å². The van der Waals surface area contributed by atoms with Gasteiger partial charge < -0.3 is 15.2 Å². The minimum atomic E-state index is -0.134. The third-order valence-corrected chi connectivity index (χ3v) is 4.73. The monoisotopic (exact) mass is 363 g/mol. The predicted molar refractivity (Wildman–Crippen MR) is 112 cm³/mol. The van der Waals surface area contributed by atoms with Crippen LogP contribution in [0.4, 0.5) is 11.4 Å². The van der Waals surface area contributed by atoms with Crippen LogP contribution in [0.3, 0.4) is 0 Å². The number of H-pyrrole nitrogens is 1. The van der Waals surface area contributed by atoms with Gasteiger partial charge in [-0.25, -0.2) is 0 Å². The van der Waals surface area contributed by atoms with Gasteiger partial charge in [-0.05, 0) is 62.1 Å². The molecule has 2 N–H and O–H groups in total. The Balaban J connectivity index is 1.61. The average Bonchev–Trinajstić information content (AvgIpc) is 2.68. The predicted octanol–water partition coefficient (Wildman–Crippen LogP) is 3.95. The third kappa shape index (κ3) is 4.56. The number of carbonyl (C=O) groups excluding carboxylic acids is 1. The molecular weight excluding hydrogens is 338 g/mol. The number of fused-ring (bicyclic) bond motifs is 1. The molecule has 5 nitrogen and oxygen atoms in total.